The van der Waals surface area contributed by atoms with E-state index in [1.807, 2.05) is 38.1 Å². The topological polar surface area (TPSA) is 87.7 Å². The lowest BCUT2D eigenvalue weighted by Crippen LogP contribution is -2.58. The minimum atomic E-state index is -0.794. The number of nitrogens with zero attached hydrogens (tertiary/aromatic N) is 1. The zero-order chi connectivity index (χ0) is 27.9. The maximum absolute atomic E-state index is 14.3. The number of hydrogen-bond acceptors (Lipinski definition) is 4. The Hall–Kier alpha value is -2.83. The monoisotopic (exact) mass is 525 g/mol. The molecule has 2 aliphatic rings. The van der Waals surface area contributed by atoms with Gasteiger partial charge in [-0.15, -0.1) is 0 Å². The van der Waals surface area contributed by atoms with Gasteiger partial charge < -0.3 is 20.3 Å². The van der Waals surface area contributed by atoms with Crippen molar-refractivity contribution in [2.24, 2.45) is 5.92 Å². The van der Waals surface area contributed by atoms with Crippen LogP contribution in [0.1, 0.15) is 110 Å². The fourth-order valence-electron chi connectivity index (χ4n) is 5.33. The minimum Gasteiger partial charge on any atom is -0.444 e. The summed E-state index contributed by atoms with van der Waals surface area (Å²) < 4.78 is 5.49. The van der Waals surface area contributed by atoms with E-state index in [1.54, 1.807) is 31.7 Å². The molecule has 1 aromatic carbocycles. The molecule has 2 saturated carbocycles. The van der Waals surface area contributed by atoms with Gasteiger partial charge in [-0.05, 0) is 82.4 Å². The molecular formula is C31H47N3O4. The third-order valence-electron chi connectivity index (χ3n) is 7.36. The van der Waals surface area contributed by atoms with Crippen molar-refractivity contribution in [3.8, 4) is 0 Å². The largest absolute Gasteiger partial charge is 0.444 e. The molecule has 0 aromatic heterocycles. The van der Waals surface area contributed by atoms with Crippen LogP contribution >= 0.6 is 0 Å². The number of carbonyl (C=O) groups is 3. The Morgan fingerprint density at radius 1 is 1.08 bits per heavy atom. The molecule has 0 saturated heterocycles. The van der Waals surface area contributed by atoms with Crippen molar-refractivity contribution in [1.82, 2.24) is 15.5 Å². The van der Waals surface area contributed by atoms with Crippen LogP contribution < -0.4 is 10.6 Å². The maximum atomic E-state index is 14.3. The molecule has 7 nitrogen and oxygen atoms in total. The minimum absolute atomic E-state index is 0.0629. The van der Waals surface area contributed by atoms with Crippen molar-refractivity contribution in [3.05, 3.63) is 42.0 Å². The number of amides is 3. The Morgan fingerprint density at radius 3 is 2.32 bits per heavy atom. The van der Waals surface area contributed by atoms with E-state index in [-0.39, 0.29) is 29.8 Å². The number of ether oxygens (including phenoxy) is 1. The summed E-state index contributed by atoms with van der Waals surface area (Å²) in [4.78, 5) is 42.9. The van der Waals surface area contributed by atoms with Gasteiger partial charge in [-0.1, -0.05) is 64.0 Å². The van der Waals surface area contributed by atoms with Crippen molar-refractivity contribution in [3.63, 3.8) is 0 Å². The molecule has 38 heavy (non-hydrogen) atoms. The summed E-state index contributed by atoms with van der Waals surface area (Å²) >= 11 is 0. The molecule has 3 amide bonds. The van der Waals surface area contributed by atoms with E-state index in [0.717, 1.165) is 56.1 Å². The highest BCUT2D eigenvalue weighted by atomic mass is 16.6. The van der Waals surface area contributed by atoms with E-state index >= 15 is 0 Å². The highest BCUT2D eigenvalue weighted by Gasteiger charge is 2.42. The van der Waals surface area contributed by atoms with Gasteiger partial charge in [0.05, 0.1) is 0 Å². The summed E-state index contributed by atoms with van der Waals surface area (Å²) in [5.41, 5.74) is 0.970. The number of rotatable bonds is 10. The molecule has 210 valence electrons. The van der Waals surface area contributed by atoms with E-state index in [2.05, 4.69) is 17.2 Å². The molecule has 0 bridgehead atoms. The number of hydrogen-bond donors (Lipinski definition) is 2. The van der Waals surface area contributed by atoms with E-state index in [9.17, 15) is 14.4 Å². The van der Waals surface area contributed by atoms with E-state index < -0.39 is 23.8 Å². The van der Waals surface area contributed by atoms with Crippen LogP contribution in [-0.2, 0) is 14.3 Å². The van der Waals surface area contributed by atoms with Gasteiger partial charge in [0.1, 0.15) is 17.7 Å². The van der Waals surface area contributed by atoms with Gasteiger partial charge in [0.25, 0.3) is 0 Å². The third kappa shape index (κ3) is 8.34. The number of nitrogens with one attached hydrogen (secondary N) is 2. The normalized spacial score (nSPS) is 18.2. The predicted octanol–water partition coefficient (Wildman–Crippen LogP) is 6.14. The molecule has 2 aliphatic carbocycles. The number of carbonyl (C=O) groups excluding carboxylic acids is 3. The highest BCUT2D eigenvalue weighted by Crippen LogP contribution is 2.35. The maximum Gasteiger partial charge on any atom is 0.408 e. The molecule has 0 spiro atoms. The number of benzene rings is 1. The summed E-state index contributed by atoms with van der Waals surface area (Å²) in [6, 6.07) is 6.17. The lowest BCUT2D eigenvalue weighted by atomic mass is 9.87. The molecule has 7 heteroatoms. The Kier molecular flexibility index (Phi) is 10.4. The Balaban J connectivity index is 1.99. The first kappa shape index (κ1) is 29.7. The van der Waals surface area contributed by atoms with Gasteiger partial charge in [0, 0.05) is 12.1 Å². The van der Waals surface area contributed by atoms with Crippen LogP contribution in [0, 0.1) is 5.92 Å². The predicted molar refractivity (Wildman–Crippen MR) is 151 cm³/mol. The first-order chi connectivity index (χ1) is 18.0. The Labute approximate surface area is 228 Å². The molecular weight excluding hydrogens is 478 g/mol. The lowest BCUT2D eigenvalue weighted by Gasteiger charge is -2.44. The van der Waals surface area contributed by atoms with Crippen molar-refractivity contribution in [2.75, 3.05) is 0 Å². The van der Waals surface area contributed by atoms with Crippen molar-refractivity contribution in [1.29, 1.82) is 0 Å². The van der Waals surface area contributed by atoms with Crippen LogP contribution in [0.4, 0.5) is 4.79 Å². The third-order valence-corrected chi connectivity index (χ3v) is 7.36. The van der Waals surface area contributed by atoms with E-state index in [0.29, 0.717) is 6.42 Å². The van der Waals surface area contributed by atoms with Crippen LogP contribution in [0.25, 0.3) is 6.08 Å². The van der Waals surface area contributed by atoms with Crippen LogP contribution in [0.2, 0.25) is 0 Å². The molecule has 1 aromatic rings. The molecule has 2 fully saturated rings. The quantitative estimate of drug-likeness (QED) is 0.384. The second kappa shape index (κ2) is 13.3. The zero-order valence-corrected chi connectivity index (χ0v) is 23.9. The smallest absolute Gasteiger partial charge is 0.408 e. The molecule has 0 aliphatic heterocycles. The molecule has 0 radical (unpaired) electrons. The second-order valence-electron chi connectivity index (χ2n) is 12.3. The fraction of sp³-hybridized carbons (Fsp3) is 0.645. The lowest BCUT2D eigenvalue weighted by molar-refractivity contribution is -0.148. The molecule has 2 N–H and O–H groups in total. The summed E-state index contributed by atoms with van der Waals surface area (Å²) in [5.74, 6) is -0.235. The average Bonchev–Trinajstić information content (AvgIpc) is 2.81. The van der Waals surface area contributed by atoms with Gasteiger partial charge >= 0.3 is 6.09 Å². The summed E-state index contributed by atoms with van der Waals surface area (Å²) in [6.07, 6.45) is 9.56. The molecule has 2 atom stereocenters. The van der Waals surface area contributed by atoms with Crippen LogP contribution in [0.5, 0.6) is 0 Å². The van der Waals surface area contributed by atoms with Gasteiger partial charge in [-0.25, -0.2) is 4.79 Å². The van der Waals surface area contributed by atoms with Gasteiger partial charge in [0.15, 0.2) is 0 Å². The number of alkyl carbamates (subject to hydrolysis) is 1. The average molecular weight is 526 g/mol. The van der Waals surface area contributed by atoms with E-state index in [4.69, 9.17) is 4.74 Å². The summed E-state index contributed by atoms with van der Waals surface area (Å²) in [6.45, 7) is 13.3. The standard InChI is InChI=1S/C31H47N3O4/c1-7-22-13-11-14-23(20-22)27(28(35)32-24-15-9-8-10-16-24)34(25-17-12-18-25)29(36)26(19-21(2)3)33-30(37)38-31(4,5)6/h7,11,13-14,20-21,24-27H,1,8-10,12,15-19H2,2-6H3,(H,32,35)(H,33,37). The zero-order valence-electron chi connectivity index (χ0n) is 23.9. The van der Waals surface area contributed by atoms with Gasteiger partial charge in [0.2, 0.25) is 11.8 Å². The molecule has 0 heterocycles. The fourth-order valence-corrected chi connectivity index (χ4v) is 5.33. The first-order valence-electron chi connectivity index (χ1n) is 14.3. The Morgan fingerprint density at radius 2 is 1.76 bits per heavy atom. The van der Waals surface area contributed by atoms with E-state index in [1.165, 1.54) is 6.42 Å². The Bertz CT molecular complexity index is 974. The highest BCUT2D eigenvalue weighted by molar-refractivity contribution is 5.92. The van der Waals surface area contributed by atoms with Crippen LogP contribution in [0.15, 0.2) is 30.8 Å². The SMILES string of the molecule is C=Cc1cccc(C(C(=O)NC2CCCCC2)N(C(=O)C(CC(C)C)NC(=O)OC(C)(C)C)C2CCC2)c1. The van der Waals surface area contributed by atoms with Crippen molar-refractivity contribution >= 4 is 24.0 Å². The van der Waals surface area contributed by atoms with Crippen LogP contribution in [0.3, 0.4) is 0 Å². The summed E-state index contributed by atoms with van der Waals surface area (Å²) in [5, 5.41) is 6.11. The molecule has 2 unspecified atom stereocenters. The van der Waals surface area contributed by atoms with Crippen molar-refractivity contribution in [2.45, 2.75) is 122 Å². The summed E-state index contributed by atoms with van der Waals surface area (Å²) in [7, 11) is 0. The van der Waals surface area contributed by atoms with Gasteiger partial charge in [-0.2, -0.15) is 0 Å². The van der Waals surface area contributed by atoms with Crippen molar-refractivity contribution < 1.29 is 19.1 Å². The molecule has 3 rings (SSSR count). The first-order valence-corrected chi connectivity index (χ1v) is 14.3. The van der Waals surface area contributed by atoms with Gasteiger partial charge in [-0.3, -0.25) is 9.59 Å². The second-order valence-corrected chi connectivity index (χ2v) is 12.3. The van der Waals surface area contributed by atoms with Crippen LogP contribution in [-0.4, -0.2) is 46.5 Å².